The minimum atomic E-state index is 0.711. The highest BCUT2D eigenvalue weighted by atomic mass is 15.3. The number of hydrogen-bond acceptors (Lipinski definition) is 4. The van der Waals surface area contributed by atoms with Crippen LogP contribution in [-0.4, -0.2) is 41.4 Å². The summed E-state index contributed by atoms with van der Waals surface area (Å²) in [5, 5.41) is 7.90. The number of aryl methyl sites for hydroxylation is 2. The SMILES string of the molecule is CCc1nn(C)c(NCC2CCCN(C)C2)c1N. The van der Waals surface area contributed by atoms with Gasteiger partial charge in [0.1, 0.15) is 5.82 Å². The molecule has 0 amide bonds. The van der Waals surface area contributed by atoms with Crippen LogP contribution in [0.4, 0.5) is 11.5 Å². The second-order valence-corrected chi connectivity index (χ2v) is 5.34. The largest absolute Gasteiger partial charge is 0.394 e. The molecule has 0 bridgehead atoms. The van der Waals surface area contributed by atoms with Gasteiger partial charge in [-0.1, -0.05) is 6.92 Å². The fraction of sp³-hybridized carbons (Fsp3) is 0.769. The molecule has 1 aromatic heterocycles. The van der Waals surface area contributed by atoms with Crippen LogP contribution in [0.5, 0.6) is 0 Å². The van der Waals surface area contributed by atoms with E-state index >= 15 is 0 Å². The number of nitrogens with zero attached hydrogens (tertiary/aromatic N) is 3. The molecule has 1 atom stereocenters. The lowest BCUT2D eigenvalue weighted by molar-refractivity contribution is 0.217. The van der Waals surface area contributed by atoms with E-state index in [0.29, 0.717) is 5.92 Å². The van der Waals surface area contributed by atoms with E-state index in [1.165, 1.54) is 25.9 Å². The van der Waals surface area contributed by atoms with E-state index in [4.69, 9.17) is 5.73 Å². The molecule has 2 heterocycles. The maximum absolute atomic E-state index is 6.10. The third kappa shape index (κ3) is 2.77. The molecule has 1 fully saturated rings. The van der Waals surface area contributed by atoms with Crippen LogP contribution in [0.25, 0.3) is 0 Å². The van der Waals surface area contributed by atoms with Gasteiger partial charge >= 0.3 is 0 Å². The first-order chi connectivity index (χ1) is 8.61. The maximum Gasteiger partial charge on any atom is 0.147 e. The lowest BCUT2D eigenvalue weighted by Crippen LogP contribution is -2.35. The minimum Gasteiger partial charge on any atom is -0.394 e. The van der Waals surface area contributed by atoms with Gasteiger partial charge in [-0.05, 0) is 38.8 Å². The van der Waals surface area contributed by atoms with Gasteiger partial charge in [-0.25, -0.2) is 0 Å². The first kappa shape index (κ1) is 13.2. The molecule has 0 aliphatic carbocycles. The predicted molar refractivity (Wildman–Crippen MR) is 75.7 cm³/mol. The first-order valence-corrected chi connectivity index (χ1v) is 6.85. The number of piperidine rings is 1. The molecule has 5 nitrogen and oxygen atoms in total. The highest BCUT2D eigenvalue weighted by Crippen LogP contribution is 2.23. The molecule has 1 saturated heterocycles. The van der Waals surface area contributed by atoms with Crippen LogP contribution in [0, 0.1) is 5.92 Å². The van der Waals surface area contributed by atoms with Crippen molar-refractivity contribution < 1.29 is 0 Å². The molecule has 1 unspecified atom stereocenters. The molecule has 0 saturated carbocycles. The molecule has 0 radical (unpaired) electrons. The van der Waals surface area contributed by atoms with Gasteiger partial charge in [0.15, 0.2) is 0 Å². The average molecular weight is 251 g/mol. The lowest BCUT2D eigenvalue weighted by atomic mass is 9.98. The molecule has 3 N–H and O–H groups in total. The Labute approximate surface area is 109 Å². The van der Waals surface area contributed by atoms with E-state index in [9.17, 15) is 0 Å². The molecule has 5 heteroatoms. The van der Waals surface area contributed by atoms with E-state index in [1.54, 1.807) is 0 Å². The van der Waals surface area contributed by atoms with E-state index < -0.39 is 0 Å². The van der Waals surface area contributed by atoms with Crippen LogP contribution in [0.15, 0.2) is 0 Å². The average Bonchev–Trinajstić information content (AvgIpc) is 2.62. The van der Waals surface area contributed by atoms with Crippen molar-refractivity contribution in [2.45, 2.75) is 26.2 Å². The van der Waals surface area contributed by atoms with Gasteiger partial charge in [-0.2, -0.15) is 5.10 Å². The van der Waals surface area contributed by atoms with Crippen molar-refractivity contribution in [3.63, 3.8) is 0 Å². The number of hydrogen-bond donors (Lipinski definition) is 2. The topological polar surface area (TPSA) is 59.1 Å². The van der Waals surface area contributed by atoms with Crippen molar-refractivity contribution in [2.75, 3.05) is 37.7 Å². The number of aromatic nitrogens is 2. The quantitative estimate of drug-likeness (QED) is 0.847. The van der Waals surface area contributed by atoms with Crippen molar-refractivity contribution in [2.24, 2.45) is 13.0 Å². The van der Waals surface area contributed by atoms with Crippen LogP contribution in [0.3, 0.4) is 0 Å². The Balaban J connectivity index is 1.95. The molecule has 1 aromatic rings. The normalized spacial score (nSPS) is 21.2. The summed E-state index contributed by atoms with van der Waals surface area (Å²) in [4.78, 5) is 2.40. The van der Waals surface area contributed by atoms with Gasteiger partial charge in [0, 0.05) is 20.1 Å². The molecular formula is C13H25N5. The Bertz CT molecular complexity index is 398. The first-order valence-electron chi connectivity index (χ1n) is 6.85. The third-order valence-electron chi connectivity index (χ3n) is 3.78. The Morgan fingerprint density at radius 2 is 2.22 bits per heavy atom. The summed E-state index contributed by atoms with van der Waals surface area (Å²) < 4.78 is 1.86. The summed E-state index contributed by atoms with van der Waals surface area (Å²) in [6.45, 7) is 5.46. The van der Waals surface area contributed by atoms with Crippen molar-refractivity contribution in [1.29, 1.82) is 0 Å². The lowest BCUT2D eigenvalue weighted by Gasteiger charge is -2.29. The molecule has 18 heavy (non-hydrogen) atoms. The number of nitrogens with one attached hydrogen (secondary N) is 1. The second-order valence-electron chi connectivity index (χ2n) is 5.34. The van der Waals surface area contributed by atoms with Gasteiger partial charge in [0.2, 0.25) is 0 Å². The summed E-state index contributed by atoms with van der Waals surface area (Å²) in [6, 6.07) is 0. The van der Waals surface area contributed by atoms with Gasteiger partial charge in [0.05, 0.1) is 11.4 Å². The zero-order chi connectivity index (χ0) is 13.1. The van der Waals surface area contributed by atoms with Crippen LogP contribution in [0.2, 0.25) is 0 Å². The smallest absolute Gasteiger partial charge is 0.147 e. The number of likely N-dealkylation sites (tertiary alicyclic amines) is 1. The van der Waals surface area contributed by atoms with E-state index in [1.807, 2.05) is 11.7 Å². The van der Waals surface area contributed by atoms with Crippen LogP contribution in [-0.2, 0) is 13.5 Å². The van der Waals surface area contributed by atoms with Gasteiger partial charge in [-0.3, -0.25) is 4.68 Å². The summed E-state index contributed by atoms with van der Waals surface area (Å²) in [6.07, 6.45) is 3.48. The van der Waals surface area contributed by atoms with E-state index in [0.717, 1.165) is 30.2 Å². The third-order valence-corrected chi connectivity index (χ3v) is 3.78. The zero-order valence-electron chi connectivity index (χ0n) is 11.7. The summed E-state index contributed by atoms with van der Waals surface area (Å²) in [5.74, 6) is 1.68. The monoisotopic (exact) mass is 251 g/mol. The van der Waals surface area contributed by atoms with Crippen molar-refractivity contribution >= 4 is 11.5 Å². The molecule has 1 aliphatic heterocycles. The predicted octanol–water partition coefficient (Wildman–Crippen LogP) is 1.32. The molecule has 1 aliphatic rings. The van der Waals surface area contributed by atoms with Crippen LogP contribution >= 0.6 is 0 Å². The van der Waals surface area contributed by atoms with Crippen molar-refractivity contribution in [1.82, 2.24) is 14.7 Å². The summed E-state index contributed by atoms with van der Waals surface area (Å²) >= 11 is 0. The summed E-state index contributed by atoms with van der Waals surface area (Å²) in [5.41, 5.74) is 7.90. The number of nitrogen functional groups attached to an aromatic ring is 1. The van der Waals surface area contributed by atoms with Crippen LogP contribution < -0.4 is 11.1 Å². The van der Waals surface area contributed by atoms with Crippen molar-refractivity contribution in [3.8, 4) is 0 Å². The van der Waals surface area contributed by atoms with Crippen molar-refractivity contribution in [3.05, 3.63) is 5.69 Å². The number of rotatable bonds is 4. The fourth-order valence-electron chi connectivity index (χ4n) is 2.75. The molecular weight excluding hydrogens is 226 g/mol. The zero-order valence-corrected chi connectivity index (χ0v) is 11.7. The fourth-order valence-corrected chi connectivity index (χ4v) is 2.75. The molecule has 0 aromatic carbocycles. The van der Waals surface area contributed by atoms with Crippen LogP contribution in [0.1, 0.15) is 25.5 Å². The second kappa shape index (κ2) is 5.61. The maximum atomic E-state index is 6.10. The Morgan fingerprint density at radius 1 is 1.44 bits per heavy atom. The van der Waals surface area contributed by atoms with Gasteiger partial charge in [0.25, 0.3) is 0 Å². The standard InChI is InChI=1S/C13H25N5/c1-4-11-12(14)13(18(3)16-11)15-8-10-6-5-7-17(2)9-10/h10,15H,4-9,14H2,1-3H3. The Kier molecular flexibility index (Phi) is 4.11. The summed E-state index contributed by atoms with van der Waals surface area (Å²) in [7, 11) is 4.14. The Morgan fingerprint density at radius 3 is 2.83 bits per heavy atom. The highest BCUT2D eigenvalue weighted by molar-refractivity contribution is 5.64. The van der Waals surface area contributed by atoms with Gasteiger partial charge in [-0.15, -0.1) is 0 Å². The van der Waals surface area contributed by atoms with E-state index in [-0.39, 0.29) is 0 Å². The van der Waals surface area contributed by atoms with E-state index in [2.05, 4.69) is 29.3 Å². The highest BCUT2D eigenvalue weighted by Gasteiger charge is 2.18. The number of nitrogens with two attached hydrogens (primary N) is 1. The molecule has 0 spiro atoms. The molecule has 2 rings (SSSR count). The minimum absolute atomic E-state index is 0.711. The molecule has 102 valence electrons. The Hall–Kier alpha value is -1.23. The van der Waals surface area contributed by atoms with Gasteiger partial charge < -0.3 is 16.0 Å². The number of anilines is 2.